The number of amides is 1. The Hall–Kier alpha value is -0.610. The molecule has 0 aromatic carbocycles. The van der Waals surface area contributed by atoms with Crippen LogP contribution in [0.5, 0.6) is 0 Å². The zero-order valence-electron chi connectivity index (χ0n) is 11.5. The van der Waals surface area contributed by atoms with Crippen LogP contribution in [-0.2, 0) is 9.53 Å². The molecule has 0 bridgehead atoms. The van der Waals surface area contributed by atoms with Gasteiger partial charge in [0.05, 0.1) is 13.2 Å². The number of ether oxygens (including phenoxy) is 1. The van der Waals surface area contributed by atoms with Gasteiger partial charge in [-0.1, -0.05) is 0 Å². The molecular weight excluding hydrogens is 204 g/mol. The summed E-state index contributed by atoms with van der Waals surface area (Å²) in [7, 11) is 3.61. The SMILES string of the molecule is CCN(C(=O)CN(C)CCOC)C(C)(C)C. The normalized spacial score (nSPS) is 11.9. The first-order chi connectivity index (χ1) is 7.32. The lowest BCUT2D eigenvalue weighted by Gasteiger charge is -2.36. The molecule has 0 fully saturated rings. The minimum atomic E-state index is -0.103. The van der Waals surface area contributed by atoms with Gasteiger partial charge in [0.15, 0.2) is 0 Å². The Morgan fingerprint density at radius 1 is 1.31 bits per heavy atom. The maximum Gasteiger partial charge on any atom is 0.237 e. The fourth-order valence-corrected chi connectivity index (χ4v) is 1.67. The number of rotatable bonds is 6. The van der Waals surface area contributed by atoms with Crippen molar-refractivity contribution in [1.29, 1.82) is 0 Å². The third kappa shape index (κ3) is 5.47. The molecule has 0 heterocycles. The van der Waals surface area contributed by atoms with Crippen LogP contribution < -0.4 is 0 Å². The van der Waals surface area contributed by atoms with Crippen LogP contribution in [0.25, 0.3) is 0 Å². The second-order valence-electron chi connectivity index (χ2n) is 5.04. The van der Waals surface area contributed by atoms with Crippen molar-refractivity contribution in [3.8, 4) is 0 Å². The number of carbonyl (C=O) groups excluding carboxylic acids is 1. The van der Waals surface area contributed by atoms with Gasteiger partial charge in [0.1, 0.15) is 0 Å². The number of hydrogen-bond donors (Lipinski definition) is 0. The predicted octanol–water partition coefficient (Wildman–Crippen LogP) is 1.21. The van der Waals surface area contributed by atoms with Crippen LogP contribution in [0.4, 0.5) is 0 Å². The quantitative estimate of drug-likeness (QED) is 0.687. The van der Waals surface area contributed by atoms with Crippen molar-refractivity contribution in [3.05, 3.63) is 0 Å². The minimum absolute atomic E-state index is 0.103. The lowest BCUT2D eigenvalue weighted by Crippen LogP contribution is -2.49. The molecule has 0 aromatic heterocycles. The highest BCUT2D eigenvalue weighted by atomic mass is 16.5. The van der Waals surface area contributed by atoms with Crippen molar-refractivity contribution in [2.45, 2.75) is 33.2 Å². The molecule has 96 valence electrons. The summed E-state index contributed by atoms with van der Waals surface area (Å²) in [6.45, 7) is 10.8. The molecule has 0 N–H and O–H groups in total. The number of nitrogens with zero attached hydrogens (tertiary/aromatic N) is 2. The summed E-state index contributed by atoms with van der Waals surface area (Å²) in [6.07, 6.45) is 0. The first-order valence-electron chi connectivity index (χ1n) is 5.80. The Bertz CT molecular complexity index is 212. The summed E-state index contributed by atoms with van der Waals surface area (Å²) >= 11 is 0. The molecule has 0 aliphatic rings. The summed E-state index contributed by atoms with van der Waals surface area (Å²) in [4.78, 5) is 15.9. The molecule has 0 radical (unpaired) electrons. The molecule has 0 saturated carbocycles. The predicted molar refractivity (Wildman–Crippen MR) is 66.5 cm³/mol. The first-order valence-corrected chi connectivity index (χ1v) is 5.80. The third-order valence-corrected chi connectivity index (χ3v) is 2.51. The van der Waals surface area contributed by atoms with Crippen molar-refractivity contribution in [3.63, 3.8) is 0 Å². The average molecular weight is 230 g/mol. The van der Waals surface area contributed by atoms with Crippen molar-refractivity contribution >= 4 is 5.91 Å². The monoisotopic (exact) mass is 230 g/mol. The van der Waals surface area contributed by atoms with Gasteiger partial charge in [-0.05, 0) is 34.7 Å². The van der Waals surface area contributed by atoms with Crippen molar-refractivity contribution in [2.24, 2.45) is 0 Å². The standard InChI is InChI=1S/C12H26N2O2/c1-7-14(12(2,3)4)11(15)10-13(5)8-9-16-6/h7-10H2,1-6H3. The number of carbonyl (C=O) groups is 1. The number of methoxy groups -OCH3 is 1. The molecule has 4 heteroatoms. The van der Waals surface area contributed by atoms with Gasteiger partial charge >= 0.3 is 0 Å². The van der Waals surface area contributed by atoms with Crippen LogP contribution in [-0.4, -0.2) is 61.6 Å². The van der Waals surface area contributed by atoms with Crippen molar-refractivity contribution in [2.75, 3.05) is 40.4 Å². The Balaban J connectivity index is 4.22. The van der Waals surface area contributed by atoms with E-state index in [-0.39, 0.29) is 11.4 Å². The zero-order chi connectivity index (χ0) is 12.8. The Morgan fingerprint density at radius 3 is 2.25 bits per heavy atom. The fraction of sp³-hybridized carbons (Fsp3) is 0.917. The summed E-state index contributed by atoms with van der Waals surface area (Å²) < 4.78 is 4.98. The molecule has 0 spiro atoms. The molecule has 0 unspecified atom stereocenters. The van der Waals surface area contributed by atoms with Crippen LogP contribution >= 0.6 is 0 Å². The average Bonchev–Trinajstić information content (AvgIpc) is 2.13. The van der Waals surface area contributed by atoms with E-state index in [0.29, 0.717) is 13.2 Å². The van der Waals surface area contributed by atoms with E-state index >= 15 is 0 Å². The molecule has 16 heavy (non-hydrogen) atoms. The van der Waals surface area contributed by atoms with E-state index in [1.165, 1.54) is 0 Å². The van der Waals surface area contributed by atoms with Crippen LogP contribution in [0, 0.1) is 0 Å². The Labute approximate surface area is 99.5 Å². The molecule has 4 nitrogen and oxygen atoms in total. The maximum absolute atomic E-state index is 12.0. The Morgan fingerprint density at radius 2 is 1.88 bits per heavy atom. The van der Waals surface area contributed by atoms with Crippen molar-refractivity contribution < 1.29 is 9.53 Å². The van der Waals surface area contributed by atoms with Gasteiger partial charge in [0.2, 0.25) is 5.91 Å². The third-order valence-electron chi connectivity index (χ3n) is 2.51. The van der Waals surface area contributed by atoms with Gasteiger partial charge in [0.25, 0.3) is 0 Å². The molecule has 0 rings (SSSR count). The molecule has 0 aromatic rings. The smallest absolute Gasteiger partial charge is 0.237 e. The topological polar surface area (TPSA) is 32.8 Å². The van der Waals surface area contributed by atoms with Gasteiger partial charge in [-0.15, -0.1) is 0 Å². The zero-order valence-corrected chi connectivity index (χ0v) is 11.5. The van der Waals surface area contributed by atoms with Crippen LogP contribution in [0.1, 0.15) is 27.7 Å². The van der Waals surface area contributed by atoms with E-state index in [4.69, 9.17) is 4.74 Å². The Kier molecular flexibility index (Phi) is 6.60. The molecule has 1 amide bonds. The molecule has 0 atom stereocenters. The summed E-state index contributed by atoms with van der Waals surface area (Å²) in [5, 5.41) is 0. The number of hydrogen-bond acceptors (Lipinski definition) is 3. The second kappa shape index (κ2) is 6.86. The summed E-state index contributed by atoms with van der Waals surface area (Å²) in [5.41, 5.74) is -0.103. The van der Waals surface area contributed by atoms with E-state index in [2.05, 4.69) is 20.8 Å². The largest absolute Gasteiger partial charge is 0.383 e. The fourth-order valence-electron chi connectivity index (χ4n) is 1.67. The van der Waals surface area contributed by atoms with Crippen LogP contribution in [0.2, 0.25) is 0 Å². The van der Waals surface area contributed by atoms with Gasteiger partial charge in [-0.2, -0.15) is 0 Å². The molecule has 0 saturated heterocycles. The molecule has 0 aliphatic carbocycles. The van der Waals surface area contributed by atoms with Gasteiger partial charge in [-0.3, -0.25) is 9.69 Å². The molecule has 0 aliphatic heterocycles. The van der Waals surface area contributed by atoms with Gasteiger partial charge < -0.3 is 9.64 Å². The summed E-state index contributed by atoms with van der Waals surface area (Å²) in [6, 6.07) is 0. The highest BCUT2D eigenvalue weighted by Crippen LogP contribution is 2.12. The van der Waals surface area contributed by atoms with Gasteiger partial charge in [-0.25, -0.2) is 0 Å². The summed E-state index contributed by atoms with van der Waals surface area (Å²) in [5.74, 6) is 0.175. The van der Waals surface area contributed by atoms with E-state index in [1.54, 1.807) is 7.11 Å². The van der Waals surface area contributed by atoms with E-state index in [9.17, 15) is 4.79 Å². The minimum Gasteiger partial charge on any atom is -0.383 e. The molecular formula is C12H26N2O2. The van der Waals surface area contributed by atoms with Gasteiger partial charge in [0, 0.05) is 25.7 Å². The van der Waals surface area contributed by atoms with Crippen LogP contribution in [0.15, 0.2) is 0 Å². The first kappa shape index (κ1) is 15.4. The van der Waals surface area contributed by atoms with E-state index in [1.807, 2.05) is 23.8 Å². The highest BCUT2D eigenvalue weighted by molar-refractivity contribution is 5.78. The lowest BCUT2D eigenvalue weighted by atomic mass is 10.1. The maximum atomic E-state index is 12.0. The van der Waals surface area contributed by atoms with Crippen molar-refractivity contribution in [1.82, 2.24) is 9.80 Å². The van der Waals surface area contributed by atoms with E-state index < -0.39 is 0 Å². The van der Waals surface area contributed by atoms with E-state index in [0.717, 1.165) is 13.1 Å². The lowest BCUT2D eigenvalue weighted by molar-refractivity contribution is -0.136. The van der Waals surface area contributed by atoms with Crippen LogP contribution in [0.3, 0.4) is 0 Å². The number of likely N-dealkylation sites (N-methyl/N-ethyl adjacent to an activating group) is 2. The highest BCUT2D eigenvalue weighted by Gasteiger charge is 2.25. The second-order valence-corrected chi connectivity index (χ2v) is 5.04.